The number of esters is 1. The van der Waals surface area contributed by atoms with Crippen molar-refractivity contribution in [2.45, 2.75) is 82.3 Å². The third-order valence-corrected chi connectivity index (χ3v) is 7.38. The molecular weight excluding hydrogens is 456 g/mol. The molecule has 7 heteroatoms. The normalized spacial score (nSPS) is 19.1. The number of nitrogens with zero attached hydrogens (tertiary/aromatic N) is 1. The fourth-order valence-electron chi connectivity index (χ4n) is 5.26. The minimum atomic E-state index is -0.592. The quantitative estimate of drug-likeness (QED) is 0.246. The largest absolute Gasteiger partial charge is 0.463 e. The van der Waals surface area contributed by atoms with Gasteiger partial charge in [0.1, 0.15) is 6.61 Å². The van der Waals surface area contributed by atoms with Gasteiger partial charge in [0.2, 0.25) is 11.8 Å². The van der Waals surface area contributed by atoms with E-state index in [2.05, 4.69) is 18.5 Å². The standard InChI is InChI=1S/C29H40N2O5/c1-3-5-6-14-27(34)36-21-29(15-9-10-16-29)30-28(35)23(11-4-2)18-26(33)31-19-24-13-8-7-12-22(24)17-25(31)20-32/h3-4,7-8,12-13,23,25,32H,1-2,5-6,9-11,14-21H2,(H,30,35)/t23-,25+/m1/s1. The predicted octanol–water partition coefficient (Wildman–Crippen LogP) is 3.84. The molecule has 3 rings (SSSR count). The van der Waals surface area contributed by atoms with Crippen molar-refractivity contribution in [3.05, 3.63) is 60.7 Å². The lowest BCUT2D eigenvalue weighted by atomic mass is 9.91. The average Bonchev–Trinajstić information content (AvgIpc) is 3.35. The van der Waals surface area contributed by atoms with E-state index in [1.807, 2.05) is 24.3 Å². The van der Waals surface area contributed by atoms with Crippen LogP contribution in [-0.4, -0.2) is 52.6 Å². The number of benzene rings is 1. The van der Waals surface area contributed by atoms with E-state index in [1.54, 1.807) is 17.1 Å². The van der Waals surface area contributed by atoms with Crippen LogP contribution in [0.1, 0.15) is 68.9 Å². The lowest BCUT2D eigenvalue weighted by molar-refractivity contribution is -0.147. The van der Waals surface area contributed by atoms with Crippen molar-refractivity contribution < 1.29 is 24.2 Å². The van der Waals surface area contributed by atoms with Crippen LogP contribution in [0.2, 0.25) is 0 Å². The number of aliphatic hydroxyl groups excluding tert-OH is 1. The number of fused-ring (bicyclic) bond motifs is 1. The minimum Gasteiger partial charge on any atom is -0.463 e. The third-order valence-electron chi connectivity index (χ3n) is 7.38. The highest BCUT2D eigenvalue weighted by molar-refractivity contribution is 5.86. The number of hydrogen-bond acceptors (Lipinski definition) is 5. The molecular formula is C29H40N2O5. The van der Waals surface area contributed by atoms with Gasteiger partial charge in [-0.1, -0.05) is 49.3 Å². The molecule has 0 radical (unpaired) electrons. The smallest absolute Gasteiger partial charge is 0.305 e. The van der Waals surface area contributed by atoms with Crippen LogP contribution in [0.4, 0.5) is 0 Å². The highest BCUT2D eigenvalue weighted by atomic mass is 16.5. The molecule has 2 amide bonds. The number of allylic oxidation sites excluding steroid dienone is 2. The van der Waals surface area contributed by atoms with Crippen LogP contribution in [0.25, 0.3) is 0 Å². The summed E-state index contributed by atoms with van der Waals surface area (Å²) in [7, 11) is 0. The van der Waals surface area contributed by atoms with Gasteiger partial charge in [-0.05, 0) is 49.7 Å². The Morgan fingerprint density at radius 3 is 2.56 bits per heavy atom. The maximum atomic E-state index is 13.4. The van der Waals surface area contributed by atoms with E-state index in [4.69, 9.17) is 4.74 Å². The summed E-state index contributed by atoms with van der Waals surface area (Å²) >= 11 is 0. The van der Waals surface area contributed by atoms with Crippen LogP contribution in [0, 0.1) is 5.92 Å². The second kappa shape index (κ2) is 13.4. The van der Waals surface area contributed by atoms with Gasteiger partial charge in [-0.15, -0.1) is 13.2 Å². The maximum absolute atomic E-state index is 13.4. The Kier molecular flexibility index (Phi) is 10.3. The molecule has 7 nitrogen and oxygen atoms in total. The van der Waals surface area contributed by atoms with Crippen LogP contribution >= 0.6 is 0 Å². The van der Waals surface area contributed by atoms with E-state index in [0.717, 1.165) is 43.2 Å². The van der Waals surface area contributed by atoms with Crippen LogP contribution in [0.15, 0.2) is 49.6 Å². The van der Waals surface area contributed by atoms with Gasteiger partial charge in [0.25, 0.3) is 0 Å². The fourth-order valence-corrected chi connectivity index (χ4v) is 5.26. The Bertz CT molecular complexity index is 937. The zero-order valence-corrected chi connectivity index (χ0v) is 21.3. The summed E-state index contributed by atoms with van der Waals surface area (Å²) in [5, 5.41) is 13.1. The maximum Gasteiger partial charge on any atom is 0.305 e. The van der Waals surface area contributed by atoms with Gasteiger partial charge in [-0.3, -0.25) is 14.4 Å². The molecule has 1 aromatic rings. The van der Waals surface area contributed by atoms with E-state index >= 15 is 0 Å². The molecule has 1 saturated carbocycles. The molecule has 0 saturated heterocycles. The molecule has 0 spiro atoms. The van der Waals surface area contributed by atoms with Crippen molar-refractivity contribution >= 4 is 17.8 Å². The van der Waals surface area contributed by atoms with Gasteiger partial charge in [-0.25, -0.2) is 0 Å². The first-order valence-electron chi connectivity index (χ1n) is 13.1. The molecule has 1 aliphatic heterocycles. The van der Waals surface area contributed by atoms with E-state index in [1.165, 1.54) is 0 Å². The number of carbonyl (C=O) groups is 3. The molecule has 2 N–H and O–H groups in total. The topological polar surface area (TPSA) is 95.9 Å². The summed E-state index contributed by atoms with van der Waals surface area (Å²) in [4.78, 5) is 40.6. The monoisotopic (exact) mass is 496 g/mol. The van der Waals surface area contributed by atoms with E-state index in [0.29, 0.717) is 32.2 Å². The van der Waals surface area contributed by atoms with Gasteiger partial charge in [-0.2, -0.15) is 0 Å². The molecule has 1 aromatic carbocycles. The van der Waals surface area contributed by atoms with Crippen LogP contribution < -0.4 is 5.32 Å². The summed E-state index contributed by atoms with van der Waals surface area (Å²) in [5.74, 6) is -1.21. The summed E-state index contributed by atoms with van der Waals surface area (Å²) in [6.45, 7) is 7.90. The molecule has 1 aliphatic carbocycles. The minimum absolute atomic E-state index is 0.0357. The first-order valence-corrected chi connectivity index (χ1v) is 13.1. The van der Waals surface area contributed by atoms with E-state index in [-0.39, 0.29) is 43.5 Å². The zero-order chi connectivity index (χ0) is 26.0. The Labute approximate surface area is 214 Å². The van der Waals surface area contributed by atoms with Crippen molar-refractivity contribution in [2.24, 2.45) is 5.92 Å². The number of hydrogen-bond donors (Lipinski definition) is 2. The van der Waals surface area contributed by atoms with Crippen molar-refractivity contribution in [1.82, 2.24) is 10.2 Å². The van der Waals surface area contributed by atoms with Crippen molar-refractivity contribution in [1.29, 1.82) is 0 Å². The van der Waals surface area contributed by atoms with Crippen molar-refractivity contribution in [3.8, 4) is 0 Å². The van der Waals surface area contributed by atoms with E-state index < -0.39 is 11.5 Å². The number of unbranched alkanes of at least 4 members (excludes halogenated alkanes) is 1. The number of rotatable bonds is 13. The molecule has 36 heavy (non-hydrogen) atoms. The van der Waals surface area contributed by atoms with E-state index in [9.17, 15) is 19.5 Å². The Morgan fingerprint density at radius 1 is 1.17 bits per heavy atom. The summed E-state index contributed by atoms with van der Waals surface area (Å²) in [6, 6.07) is 7.64. The van der Waals surface area contributed by atoms with Crippen LogP contribution in [0.3, 0.4) is 0 Å². The number of ether oxygens (including phenoxy) is 1. The van der Waals surface area contributed by atoms with Gasteiger partial charge in [0.05, 0.1) is 24.1 Å². The highest BCUT2D eigenvalue weighted by Gasteiger charge is 2.39. The summed E-state index contributed by atoms with van der Waals surface area (Å²) < 4.78 is 5.54. The Morgan fingerprint density at radius 2 is 1.89 bits per heavy atom. The number of carbonyl (C=O) groups excluding carboxylic acids is 3. The molecule has 1 fully saturated rings. The summed E-state index contributed by atoms with van der Waals surface area (Å²) in [5.41, 5.74) is 1.62. The molecule has 1 heterocycles. The molecule has 0 aromatic heterocycles. The molecule has 0 bridgehead atoms. The Balaban J connectivity index is 1.64. The first kappa shape index (κ1) is 27.7. The molecule has 2 atom stereocenters. The second-order valence-corrected chi connectivity index (χ2v) is 10.1. The SMILES string of the molecule is C=CCCCC(=O)OCC1(NC(=O)[C@H](CC=C)CC(=O)N2Cc3ccccc3C[C@H]2CO)CCCC1. The van der Waals surface area contributed by atoms with Crippen molar-refractivity contribution in [3.63, 3.8) is 0 Å². The Hall–Kier alpha value is -2.93. The van der Waals surface area contributed by atoms with Gasteiger partial charge < -0.3 is 20.1 Å². The first-order chi connectivity index (χ1) is 17.4. The lowest BCUT2D eigenvalue weighted by Gasteiger charge is -2.37. The summed E-state index contributed by atoms with van der Waals surface area (Å²) in [6.07, 6.45) is 9.59. The number of aliphatic hydroxyl groups is 1. The number of nitrogens with one attached hydrogen (secondary N) is 1. The average molecular weight is 497 g/mol. The molecule has 2 aliphatic rings. The van der Waals surface area contributed by atoms with Crippen molar-refractivity contribution in [2.75, 3.05) is 13.2 Å². The van der Waals surface area contributed by atoms with Gasteiger partial charge in [0, 0.05) is 19.4 Å². The fraction of sp³-hybridized carbons (Fsp3) is 0.552. The van der Waals surface area contributed by atoms with Gasteiger partial charge in [0.15, 0.2) is 0 Å². The molecule has 0 unspecified atom stereocenters. The third kappa shape index (κ3) is 7.29. The number of amides is 2. The van der Waals surface area contributed by atoms with Crippen LogP contribution in [-0.2, 0) is 32.1 Å². The van der Waals surface area contributed by atoms with Gasteiger partial charge >= 0.3 is 5.97 Å². The predicted molar refractivity (Wildman–Crippen MR) is 139 cm³/mol. The lowest BCUT2D eigenvalue weighted by Crippen LogP contribution is -2.53. The second-order valence-electron chi connectivity index (χ2n) is 10.1. The zero-order valence-electron chi connectivity index (χ0n) is 21.3. The van der Waals surface area contributed by atoms with Crippen LogP contribution in [0.5, 0.6) is 0 Å². The highest BCUT2D eigenvalue weighted by Crippen LogP contribution is 2.31. The molecule has 196 valence electrons.